The van der Waals surface area contributed by atoms with Gasteiger partial charge >= 0.3 is 0 Å². The Hall–Kier alpha value is -2.25. The number of hydrogen-bond acceptors (Lipinski definition) is 4. The summed E-state index contributed by atoms with van der Waals surface area (Å²) < 4.78 is 26.7. The molecular formula is C17H21N3O3S. The third kappa shape index (κ3) is 5.14. The zero-order valence-electron chi connectivity index (χ0n) is 13.7. The molecule has 1 aromatic heterocycles. The van der Waals surface area contributed by atoms with Crippen molar-refractivity contribution in [3.05, 3.63) is 59.9 Å². The number of amides is 1. The van der Waals surface area contributed by atoms with Crippen LogP contribution in [0.2, 0.25) is 0 Å². The first-order valence-corrected chi connectivity index (χ1v) is 9.13. The average Bonchev–Trinajstić information content (AvgIpc) is 2.59. The van der Waals surface area contributed by atoms with Crippen LogP contribution in [-0.4, -0.2) is 25.9 Å². The van der Waals surface area contributed by atoms with Crippen molar-refractivity contribution in [2.24, 2.45) is 0 Å². The zero-order chi connectivity index (χ0) is 17.6. The standard InChI is InChI=1S/C17H21N3O3S/c1-13(2)14-6-8-16(9-7-14)24(22,23)20-12-17(21)19-11-15-5-3-4-10-18-15/h3-10,13,20H,11-12H2,1-2H3,(H,19,21). The van der Waals surface area contributed by atoms with E-state index in [9.17, 15) is 13.2 Å². The molecule has 0 aliphatic rings. The Morgan fingerprint density at radius 1 is 1.12 bits per heavy atom. The van der Waals surface area contributed by atoms with Gasteiger partial charge in [-0.15, -0.1) is 0 Å². The van der Waals surface area contributed by atoms with Crippen LogP contribution in [-0.2, 0) is 21.4 Å². The van der Waals surface area contributed by atoms with Crippen molar-refractivity contribution in [1.29, 1.82) is 0 Å². The van der Waals surface area contributed by atoms with Crippen molar-refractivity contribution in [3.63, 3.8) is 0 Å². The summed E-state index contributed by atoms with van der Waals surface area (Å²) in [6.07, 6.45) is 1.63. The predicted octanol–water partition coefficient (Wildman–Crippen LogP) is 1.80. The van der Waals surface area contributed by atoms with Gasteiger partial charge in [0.25, 0.3) is 0 Å². The molecule has 0 atom stereocenters. The Kier molecular flexibility index (Phi) is 6.05. The first-order valence-electron chi connectivity index (χ1n) is 7.65. The number of rotatable bonds is 7. The molecular weight excluding hydrogens is 326 g/mol. The van der Waals surface area contributed by atoms with E-state index in [1.165, 1.54) is 0 Å². The second-order valence-electron chi connectivity index (χ2n) is 5.65. The van der Waals surface area contributed by atoms with Gasteiger partial charge in [0.05, 0.1) is 23.7 Å². The molecule has 1 amide bonds. The van der Waals surface area contributed by atoms with Gasteiger partial charge in [0, 0.05) is 6.20 Å². The molecule has 7 heteroatoms. The molecule has 2 aromatic rings. The lowest BCUT2D eigenvalue weighted by Gasteiger charge is -2.09. The number of carbonyl (C=O) groups excluding carboxylic acids is 1. The molecule has 0 saturated carbocycles. The smallest absolute Gasteiger partial charge is 0.241 e. The molecule has 0 unspecified atom stereocenters. The lowest BCUT2D eigenvalue weighted by Crippen LogP contribution is -2.36. The molecule has 24 heavy (non-hydrogen) atoms. The number of aromatic nitrogens is 1. The maximum atomic E-state index is 12.2. The van der Waals surface area contributed by atoms with Gasteiger partial charge < -0.3 is 5.32 Å². The highest BCUT2D eigenvalue weighted by Gasteiger charge is 2.15. The number of sulfonamides is 1. The zero-order valence-corrected chi connectivity index (χ0v) is 14.5. The molecule has 0 fully saturated rings. The first kappa shape index (κ1) is 18.1. The van der Waals surface area contributed by atoms with E-state index < -0.39 is 15.9 Å². The van der Waals surface area contributed by atoms with E-state index in [4.69, 9.17) is 0 Å². The minimum atomic E-state index is -3.71. The highest BCUT2D eigenvalue weighted by molar-refractivity contribution is 7.89. The molecule has 1 aromatic carbocycles. The van der Waals surface area contributed by atoms with Crippen LogP contribution in [0, 0.1) is 0 Å². The average molecular weight is 347 g/mol. The van der Waals surface area contributed by atoms with Crippen molar-refractivity contribution in [3.8, 4) is 0 Å². The van der Waals surface area contributed by atoms with Crippen LogP contribution in [0.1, 0.15) is 31.0 Å². The maximum Gasteiger partial charge on any atom is 0.241 e. The molecule has 6 nitrogen and oxygen atoms in total. The van der Waals surface area contributed by atoms with Gasteiger partial charge in [0.1, 0.15) is 0 Å². The van der Waals surface area contributed by atoms with Gasteiger partial charge in [-0.2, -0.15) is 0 Å². The number of nitrogens with one attached hydrogen (secondary N) is 2. The maximum absolute atomic E-state index is 12.2. The largest absolute Gasteiger partial charge is 0.349 e. The normalized spacial score (nSPS) is 11.5. The minimum absolute atomic E-state index is 0.143. The second-order valence-corrected chi connectivity index (χ2v) is 7.41. The topological polar surface area (TPSA) is 88.2 Å². The van der Waals surface area contributed by atoms with Crippen LogP contribution < -0.4 is 10.0 Å². The van der Waals surface area contributed by atoms with Crippen LogP contribution in [0.5, 0.6) is 0 Å². The molecule has 2 rings (SSSR count). The van der Waals surface area contributed by atoms with Gasteiger partial charge in [0.2, 0.25) is 15.9 Å². The minimum Gasteiger partial charge on any atom is -0.349 e. The summed E-state index contributed by atoms with van der Waals surface area (Å²) in [4.78, 5) is 16.0. The summed E-state index contributed by atoms with van der Waals surface area (Å²) in [5.74, 6) is -0.0879. The summed E-state index contributed by atoms with van der Waals surface area (Å²) in [6.45, 7) is 4.01. The van der Waals surface area contributed by atoms with E-state index in [0.717, 1.165) is 5.56 Å². The van der Waals surface area contributed by atoms with E-state index in [1.54, 1.807) is 42.6 Å². The van der Waals surface area contributed by atoms with Crippen molar-refractivity contribution >= 4 is 15.9 Å². The molecule has 0 spiro atoms. The van der Waals surface area contributed by atoms with E-state index >= 15 is 0 Å². The lowest BCUT2D eigenvalue weighted by molar-refractivity contribution is -0.120. The predicted molar refractivity (Wildman–Crippen MR) is 91.8 cm³/mol. The van der Waals surface area contributed by atoms with Gasteiger partial charge in [-0.05, 0) is 35.7 Å². The summed E-state index contributed by atoms with van der Waals surface area (Å²) >= 11 is 0. The third-order valence-electron chi connectivity index (χ3n) is 3.47. The number of benzene rings is 1. The quantitative estimate of drug-likeness (QED) is 0.799. The molecule has 0 saturated heterocycles. The van der Waals surface area contributed by atoms with Crippen molar-refractivity contribution in [1.82, 2.24) is 15.0 Å². The van der Waals surface area contributed by atoms with Crippen LogP contribution in [0.3, 0.4) is 0 Å². The summed E-state index contributed by atoms with van der Waals surface area (Å²) in [5.41, 5.74) is 1.76. The van der Waals surface area contributed by atoms with Gasteiger partial charge in [-0.25, -0.2) is 13.1 Å². The summed E-state index contributed by atoms with van der Waals surface area (Å²) in [7, 11) is -3.71. The van der Waals surface area contributed by atoms with Gasteiger partial charge in [-0.1, -0.05) is 32.0 Å². The molecule has 0 aliphatic carbocycles. The van der Waals surface area contributed by atoms with Crippen LogP contribution in [0.15, 0.2) is 53.6 Å². The highest BCUT2D eigenvalue weighted by Crippen LogP contribution is 2.17. The van der Waals surface area contributed by atoms with E-state index in [-0.39, 0.29) is 18.0 Å². The monoisotopic (exact) mass is 347 g/mol. The molecule has 2 N–H and O–H groups in total. The van der Waals surface area contributed by atoms with Crippen LogP contribution in [0.4, 0.5) is 0 Å². The van der Waals surface area contributed by atoms with Crippen LogP contribution in [0.25, 0.3) is 0 Å². The van der Waals surface area contributed by atoms with E-state index in [1.807, 2.05) is 19.9 Å². The Labute approximate surface area is 142 Å². The highest BCUT2D eigenvalue weighted by atomic mass is 32.2. The fourth-order valence-corrected chi connectivity index (χ4v) is 3.01. The van der Waals surface area contributed by atoms with Crippen molar-refractivity contribution < 1.29 is 13.2 Å². The SMILES string of the molecule is CC(C)c1ccc(S(=O)(=O)NCC(=O)NCc2ccccn2)cc1. The third-order valence-corrected chi connectivity index (χ3v) is 4.89. The number of pyridine rings is 1. The Morgan fingerprint density at radius 2 is 1.83 bits per heavy atom. The molecule has 128 valence electrons. The molecule has 1 heterocycles. The second kappa shape index (κ2) is 8.03. The Balaban J connectivity index is 1.88. The molecule has 0 radical (unpaired) electrons. The Bertz CT molecular complexity index is 772. The first-order chi connectivity index (χ1) is 11.4. The number of nitrogens with zero attached hydrogens (tertiary/aromatic N) is 1. The van der Waals surface area contributed by atoms with Crippen molar-refractivity contribution in [2.75, 3.05) is 6.54 Å². The lowest BCUT2D eigenvalue weighted by atomic mass is 10.0. The van der Waals surface area contributed by atoms with Crippen LogP contribution >= 0.6 is 0 Å². The van der Waals surface area contributed by atoms with Gasteiger partial charge in [-0.3, -0.25) is 9.78 Å². The number of carbonyl (C=O) groups is 1. The molecule has 0 bridgehead atoms. The Morgan fingerprint density at radius 3 is 2.42 bits per heavy atom. The molecule has 0 aliphatic heterocycles. The summed E-state index contributed by atoms with van der Waals surface area (Å²) in [5, 5.41) is 2.62. The summed E-state index contributed by atoms with van der Waals surface area (Å²) in [6, 6.07) is 12.0. The number of hydrogen-bond donors (Lipinski definition) is 2. The van der Waals surface area contributed by atoms with Gasteiger partial charge in [0.15, 0.2) is 0 Å². The van der Waals surface area contributed by atoms with E-state index in [2.05, 4.69) is 15.0 Å². The fourth-order valence-electron chi connectivity index (χ4n) is 2.03. The van der Waals surface area contributed by atoms with Crippen molar-refractivity contribution in [2.45, 2.75) is 31.2 Å². The van der Waals surface area contributed by atoms with E-state index in [0.29, 0.717) is 11.6 Å². The fraction of sp³-hybridized carbons (Fsp3) is 0.294.